The van der Waals surface area contributed by atoms with Crippen LogP contribution in [0.3, 0.4) is 0 Å². The van der Waals surface area contributed by atoms with Crippen molar-refractivity contribution >= 4 is 39.1 Å². The summed E-state index contributed by atoms with van der Waals surface area (Å²) in [5.41, 5.74) is -0.600. The second-order valence-electron chi connectivity index (χ2n) is 10.1. The zero-order valence-corrected chi connectivity index (χ0v) is 23.8. The number of alkyl halides is 3. The number of sulfonamides is 1. The van der Waals surface area contributed by atoms with Crippen LogP contribution < -0.4 is 9.62 Å². The maximum atomic E-state index is 13.7. The van der Waals surface area contributed by atoms with E-state index in [0.29, 0.717) is 15.9 Å². The Labute approximate surface area is 227 Å². The van der Waals surface area contributed by atoms with Gasteiger partial charge in [0.2, 0.25) is 21.8 Å². The highest BCUT2D eigenvalue weighted by Gasteiger charge is 2.35. The van der Waals surface area contributed by atoms with E-state index < -0.39 is 57.4 Å². The molecule has 2 aromatic carbocycles. The molecule has 0 unspecified atom stereocenters. The van der Waals surface area contributed by atoms with E-state index in [1.165, 1.54) is 4.90 Å². The molecular formula is C26H33ClF3N3O4S. The first-order chi connectivity index (χ1) is 17.3. The number of nitrogens with zero attached hydrogens (tertiary/aromatic N) is 2. The summed E-state index contributed by atoms with van der Waals surface area (Å²) in [5.74, 6) is -1.22. The fraction of sp³-hybridized carbons (Fsp3) is 0.462. The number of rotatable bonds is 9. The lowest BCUT2D eigenvalue weighted by Crippen LogP contribution is -2.55. The van der Waals surface area contributed by atoms with E-state index in [1.54, 1.807) is 39.8 Å². The normalized spacial score (nSPS) is 13.1. The zero-order chi connectivity index (χ0) is 29.1. The fourth-order valence-corrected chi connectivity index (χ4v) is 4.98. The van der Waals surface area contributed by atoms with Gasteiger partial charge in [0.15, 0.2) is 0 Å². The number of aryl methyl sites for hydroxylation is 1. The molecule has 1 atom stereocenters. The highest BCUT2D eigenvalue weighted by Crippen LogP contribution is 2.36. The minimum atomic E-state index is -4.76. The molecule has 0 saturated heterocycles. The molecule has 0 bridgehead atoms. The number of carbonyl (C=O) groups is 2. The summed E-state index contributed by atoms with van der Waals surface area (Å²) in [5, 5.41) is 2.56. The van der Waals surface area contributed by atoms with Gasteiger partial charge >= 0.3 is 6.18 Å². The number of hydrogen-bond acceptors (Lipinski definition) is 4. The fourth-order valence-electron chi connectivity index (χ4n) is 3.85. The van der Waals surface area contributed by atoms with Crippen molar-refractivity contribution in [3.05, 3.63) is 64.2 Å². The van der Waals surface area contributed by atoms with E-state index in [1.807, 2.05) is 19.1 Å². The predicted octanol–water partition coefficient (Wildman–Crippen LogP) is 5.16. The first-order valence-electron chi connectivity index (χ1n) is 11.8. The summed E-state index contributed by atoms with van der Waals surface area (Å²) in [6.45, 7) is 8.04. The first kappa shape index (κ1) is 31.4. The number of hydrogen-bond donors (Lipinski definition) is 1. The largest absolute Gasteiger partial charge is 0.416 e. The third kappa shape index (κ3) is 8.62. The molecule has 7 nitrogen and oxygen atoms in total. The molecule has 0 fully saturated rings. The van der Waals surface area contributed by atoms with Gasteiger partial charge in [0, 0.05) is 12.1 Å². The molecule has 210 valence electrons. The average Bonchev–Trinajstić information content (AvgIpc) is 2.75. The third-order valence-electron chi connectivity index (χ3n) is 5.54. The predicted molar refractivity (Wildman–Crippen MR) is 142 cm³/mol. The van der Waals surface area contributed by atoms with E-state index in [2.05, 4.69) is 5.32 Å². The van der Waals surface area contributed by atoms with Gasteiger partial charge in [0.05, 0.1) is 22.5 Å². The van der Waals surface area contributed by atoms with Gasteiger partial charge in [0.25, 0.3) is 0 Å². The standard InChI is InChI=1S/C26H33ClF3N3O4S/c1-7-21(24(35)31-25(3,4)5)32(15-18-10-8-9-17(2)13-18)23(34)16-33(38(6,36)37)22-14-19(26(28,29)30)11-12-20(22)27/h8-14,21H,7,15-16H2,1-6H3,(H,31,35)/t21-/m0/s1. The van der Waals surface area contributed by atoms with Crippen molar-refractivity contribution in [2.24, 2.45) is 0 Å². The molecule has 0 aliphatic heterocycles. The van der Waals surface area contributed by atoms with Crippen molar-refractivity contribution in [3.63, 3.8) is 0 Å². The smallest absolute Gasteiger partial charge is 0.350 e. The lowest BCUT2D eigenvalue weighted by molar-refractivity contribution is -0.141. The monoisotopic (exact) mass is 575 g/mol. The van der Waals surface area contributed by atoms with Crippen LogP contribution in [0, 0.1) is 6.92 Å². The summed E-state index contributed by atoms with van der Waals surface area (Å²) in [6, 6.07) is 8.51. The maximum absolute atomic E-state index is 13.7. The van der Waals surface area contributed by atoms with E-state index in [-0.39, 0.29) is 18.0 Å². The minimum Gasteiger partial charge on any atom is -0.350 e. The Hall–Kier alpha value is -2.79. The molecule has 1 N–H and O–H groups in total. The van der Waals surface area contributed by atoms with Crippen LogP contribution in [0.1, 0.15) is 50.8 Å². The molecule has 2 amide bonds. The Balaban J connectivity index is 2.57. The lowest BCUT2D eigenvalue weighted by Gasteiger charge is -2.34. The molecule has 2 rings (SSSR count). The molecule has 0 aromatic heterocycles. The van der Waals surface area contributed by atoms with E-state index in [4.69, 9.17) is 11.6 Å². The SMILES string of the molecule is CC[C@@H](C(=O)NC(C)(C)C)N(Cc1cccc(C)c1)C(=O)CN(c1cc(C(F)(F)F)ccc1Cl)S(C)(=O)=O. The lowest BCUT2D eigenvalue weighted by atomic mass is 10.0. The molecule has 0 aliphatic rings. The van der Waals surface area contributed by atoms with Gasteiger partial charge in [-0.1, -0.05) is 48.4 Å². The van der Waals surface area contributed by atoms with Gasteiger partial charge in [-0.15, -0.1) is 0 Å². The van der Waals surface area contributed by atoms with Crippen molar-refractivity contribution in [3.8, 4) is 0 Å². The van der Waals surface area contributed by atoms with Gasteiger partial charge in [-0.25, -0.2) is 8.42 Å². The van der Waals surface area contributed by atoms with Gasteiger partial charge < -0.3 is 10.2 Å². The summed E-state index contributed by atoms with van der Waals surface area (Å²) < 4.78 is 66.0. The molecule has 12 heteroatoms. The van der Waals surface area contributed by atoms with Crippen LogP contribution in [0.25, 0.3) is 0 Å². The van der Waals surface area contributed by atoms with Crippen molar-refractivity contribution in [1.82, 2.24) is 10.2 Å². The van der Waals surface area contributed by atoms with Crippen LogP contribution in [0.4, 0.5) is 18.9 Å². The van der Waals surface area contributed by atoms with Crippen LogP contribution >= 0.6 is 11.6 Å². The van der Waals surface area contributed by atoms with E-state index in [9.17, 15) is 31.2 Å². The molecule has 0 radical (unpaired) electrons. The highest BCUT2D eigenvalue weighted by atomic mass is 35.5. The third-order valence-corrected chi connectivity index (χ3v) is 6.99. The molecule has 38 heavy (non-hydrogen) atoms. The van der Waals surface area contributed by atoms with Crippen molar-refractivity contribution in [2.45, 2.75) is 65.3 Å². The average molecular weight is 576 g/mol. The number of halogens is 4. The number of benzene rings is 2. The molecule has 0 saturated carbocycles. The Bertz CT molecular complexity index is 1280. The topological polar surface area (TPSA) is 86.8 Å². The van der Waals surface area contributed by atoms with E-state index in [0.717, 1.165) is 24.0 Å². The summed E-state index contributed by atoms with van der Waals surface area (Å²) in [4.78, 5) is 28.1. The number of nitrogens with one attached hydrogen (secondary N) is 1. The molecule has 2 aromatic rings. The van der Waals surface area contributed by atoms with Gasteiger partial charge in [-0.2, -0.15) is 13.2 Å². The maximum Gasteiger partial charge on any atom is 0.416 e. The molecular weight excluding hydrogens is 543 g/mol. The van der Waals surface area contributed by atoms with Crippen LogP contribution in [0.15, 0.2) is 42.5 Å². The van der Waals surface area contributed by atoms with Gasteiger partial charge in [0.1, 0.15) is 12.6 Å². The number of amides is 2. The van der Waals surface area contributed by atoms with Gasteiger partial charge in [-0.05, 0) is 57.9 Å². The van der Waals surface area contributed by atoms with Crippen LogP contribution in [0.5, 0.6) is 0 Å². The second kappa shape index (κ2) is 11.9. The molecule has 0 aliphatic carbocycles. The minimum absolute atomic E-state index is 0.0233. The molecule has 0 spiro atoms. The zero-order valence-electron chi connectivity index (χ0n) is 22.2. The Morgan fingerprint density at radius 2 is 1.71 bits per heavy atom. The van der Waals surface area contributed by atoms with Gasteiger partial charge in [-0.3, -0.25) is 13.9 Å². The summed E-state index contributed by atoms with van der Waals surface area (Å²) in [7, 11) is -4.26. The Morgan fingerprint density at radius 3 is 2.21 bits per heavy atom. The Morgan fingerprint density at radius 1 is 1.08 bits per heavy atom. The quantitative estimate of drug-likeness (QED) is 0.448. The number of carbonyl (C=O) groups excluding carboxylic acids is 2. The summed E-state index contributed by atoms with van der Waals surface area (Å²) >= 11 is 6.11. The second-order valence-corrected chi connectivity index (χ2v) is 12.4. The van der Waals surface area contributed by atoms with Crippen LogP contribution in [-0.4, -0.2) is 49.5 Å². The van der Waals surface area contributed by atoms with Crippen LogP contribution in [-0.2, 0) is 32.3 Å². The van der Waals surface area contributed by atoms with Crippen LogP contribution in [0.2, 0.25) is 5.02 Å². The Kier molecular flexibility index (Phi) is 9.88. The van der Waals surface area contributed by atoms with E-state index >= 15 is 0 Å². The first-order valence-corrected chi connectivity index (χ1v) is 14.1. The van der Waals surface area contributed by atoms with Crippen molar-refractivity contribution < 1.29 is 31.2 Å². The van der Waals surface area contributed by atoms with Crippen molar-refractivity contribution in [2.75, 3.05) is 17.1 Å². The number of anilines is 1. The van der Waals surface area contributed by atoms with Crippen molar-refractivity contribution in [1.29, 1.82) is 0 Å². The molecule has 0 heterocycles. The summed E-state index contributed by atoms with van der Waals surface area (Å²) in [6.07, 6.45) is -3.78. The highest BCUT2D eigenvalue weighted by molar-refractivity contribution is 7.92.